The van der Waals surface area contributed by atoms with E-state index in [-0.39, 0.29) is 5.91 Å². The van der Waals surface area contributed by atoms with E-state index in [2.05, 4.69) is 22.8 Å². The number of nitrogens with one attached hydrogen (secondary N) is 1. The average Bonchev–Trinajstić information content (AvgIpc) is 2.99. The molecule has 1 N–H and O–H groups in total. The molecule has 2 rings (SSSR count). The Hall–Kier alpha value is -1.20. The number of aryl methyl sites for hydroxylation is 1. The van der Waals surface area contributed by atoms with Gasteiger partial charge in [0.05, 0.1) is 0 Å². The van der Waals surface area contributed by atoms with Crippen LogP contribution in [0.2, 0.25) is 0 Å². The van der Waals surface area contributed by atoms with Gasteiger partial charge in [-0.1, -0.05) is 6.07 Å². The van der Waals surface area contributed by atoms with Crippen molar-refractivity contribution in [3.63, 3.8) is 0 Å². The van der Waals surface area contributed by atoms with Crippen LogP contribution in [-0.2, 0) is 5.75 Å². The Morgan fingerprint density at radius 1 is 1.44 bits per heavy atom. The van der Waals surface area contributed by atoms with E-state index in [9.17, 15) is 4.79 Å². The van der Waals surface area contributed by atoms with Crippen molar-refractivity contribution >= 4 is 29.0 Å². The molecule has 0 bridgehead atoms. The highest BCUT2D eigenvalue weighted by Gasteiger charge is 2.08. The first-order valence-corrected chi connectivity index (χ1v) is 7.74. The van der Waals surface area contributed by atoms with Crippen LogP contribution in [0.15, 0.2) is 34.1 Å². The highest BCUT2D eigenvalue weighted by atomic mass is 32.2. The lowest BCUT2D eigenvalue weighted by molar-refractivity contribution is 0.0927. The van der Waals surface area contributed by atoms with Gasteiger partial charge in [0.25, 0.3) is 5.91 Å². The summed E-state index contributed by atoms with van der Waals surface area (Å²) in [6.45, 7) is 2.49. The van der Waals surface area contributed by atoms with Crippen LogP contribution in [-0.4, -0.2) is 18.2 Å². The maximum atomic E-state index is 11.6. The zero-order valence-electron chi connectivity index (χ0n) is 10.1. The van der Waals surface area contributed by atoms with E-state index in [4.69, 9.17) is 4.42 Å². The minimum absolute atomic E-state index is 0.139. The second kappa shape index (κ2) is 6.66. The molecule has 1 amide bonds. The normalized spacial score (nSPS) is 10.5. The summed E-state index contributed by atoms with van der Waals surface area (Å²) in [5.41, 5.74) is 0. The number of thioether (sulfide) groups is 1. The molecule has 0 atom stereocenters. The Morgan fingerprint density at radius 2 is 2.33 bits per heavy atom. The van der Waals surface area contributed by atoms with Crippen LogP contribution in [0, 0.1) is 6.92 Å². The summed E-state index contributed by atoms with van der Waals surface area (Å²) in [4.78, 5) is 13.0. The first-order valence-electron chi connectivity index (χ1n) is 5.70. The highest BCUT2D eigenvalue weighted by Crippen LogP contribution is 2.16. The maximum Gasteiger partial charge on any atom is 0.287 e. The third kappa shape index (κ3) is 3.92. The summed E-state index contributed by atoms with van der Waals surface area (Å²) >= 11 is 3.58. The monoisotopic (exact) mass is 281 g/mol. The van der Waals surface area contributed by atoms with E-state index in [1.807, 2.05) is 18.7 Å². The number of furan rings is 1. The molecule has 96 valence electrons. The number of carbonyl (C=O) groups is 1. The molecule has 2 aromatic rings. The van der Waals surface area contributed by atoms with Crippen molar-refractivity contribution in [1.82, 2.24) is 5.32 Å². The van der Waals surface area contributed by atoms with Crippen molar-refractivity contribution in [2.45, 2.75) is 12.7 Å². The number of hydrogen-bond acceptors (Lipinski definition) is 4. The molecule has 0 aliphatic rings. The van der Waals surface area contributed by atoms with Crippen LogP contribution < -0.4 is 5.32 Å². The van der Waals surface area contributed by atoms with Crippen molar-refractivity contribution in [3.05, 3.63) is 46.0 Å². The Labute approximate surface area is 115 Å². The molecule has 0 fully saturated rings. The molecule has 18 heavy (non-hydrogen) atoms. The van der Waals surface area contributed by atoms with Crippen LogP contribution in [0.5, 0.6) is 0 Å². The lowest BCUT2D eigenvalue weighted by atomic mass is 10.4. The summed E-state index contributed by atoms with van der Waals surface area (Å²) < 4.78 is 5.24. The quantitative estimate of drug-likeness (QED) is 0.826. The van der Waals surface area contributed by atoms with Crippen LogP contribution in [0.1, 0.15) is 21.2 Å². The summed E-state index contributed by atoms with van der Waals surface area (Å²) in [6.07, 6.45) is 0. The lowest BCUT2D eigenvalue weighted by Crippen LogP contribution is -2.25. The van der Waals surface area contributed by atoms with Gasteiger partial charge in [0.15, 0.2) is 5.76 Å². The van der Waals surface area contributed by atoms with Gasteiger partial charge in [-0.15, -0.1) is 11.3 Å². The molecular weight excluding hydrogens is 266 g/mol. The lowest BCUT2D eigenvalue weighted by Gasteiger charge is -2.02. The van der Waals surface area contributed by atoms with Crippen molar-refractivity contribution < 1.29 is 9.21 Å². The Kier molecular flexibility index (Phi) is 4.90. The number of carbonyl (C=O) groups excluding carboxylic acids is 1. The van der Waals surface area contributed by atoms with E-state index in [0.717, 1.165) is 17.3 Å². The first-order chi connectivity index (χ1) is 8.75. The molecule has 0 unspecified atom stereocenters. The first kappa shape index (κ1) is 13.2. The van der Waals surface area contributed by atoms with Gasteiger partial charge in [0, 0.05) is 22.9 Å². The van der Waals surface area contributed by atoms with E-state index >= 15 is 0 Å². The number of rotatable bonds is 6. The van der Waals surface area contributed by atoms with Gasteiger partial charge < -0.3 is 9.73 Å². The molecule has 0 aliphatic carbocycles. The number of amides is 1. The second-order valence-electron chi connectivity index (χ2n) is 3.80. The molecule has 5 heteroatoms. The van der Waals surface area contributed by atoms with E-state index < -0.39 is 0 Å². The molecule has 0 aromatic carbocycles. The summed E-state index contributed by atoms with van der Waals surface area (Å²) in [7, 11) is 0. The summed E-state index contributed by atoms with van der Waals surface area (Å²) in [5.74, 6) is 2.92. The van der Waals surface area contributed by atoms with Gasteiger partial charge in [-0.25, -0.2) is 0 Å². The fourth-order valence-corrected chi connectivity index (χ4v) is 3.15. The summed E-state index contributed by atoms with van der Waals surface area (Å²) in [6, 6.07) is 7.67. The summed E-state index contributed by atoms with van der Waals surface area (Å²) in [5, 5.41) is 4.92. The van der Waals surface area contributed by atoms with E-state index in [1.165, 1.54) is 4.88 Å². The Bertz CT molecular complexity index is 491. The molecule has 0 aliphatic heterocycles. The van der Waals surface area contributed by atoms with Crippen molar-refractivity contribution in [2.75, 3.05) is 12.3 Å². The van der Waals surface area contributed by atoms with Gasteiger partial charge in [-0.2, -0.15) is 11.8 Å². The fourth-order valence-electron chi connectivity index (χ4n) is 1.45. The van der Waals surface area contributed by atoms with Crippen molar-refractivity contribution in [1.29, 1.82) is 0 Å². The molecular formula is C13H15NO2S2. The van der Waals surface area contributed by atoms with Gasteiger partial charge in [-0.3, -0.25) is 4.79 Å². The predicted octanol–water partition coefficient (Wildman–Crippen LogP) is 3.31. The van der Waals surface area contributed by atoms with E-state index in [0.29, 0.717) is 12.3 Å². The molecule has 2 aromatic heterocycles. The molecule has 0 radical (unpaired) electrons. The Morgan fingerprint density at radius 3 is 3.00 bits per heavy atom. The van der Waals surface area contributed by atoms with Crippen LogP contribution in [0.3, 0.4) is 0 Å². The predicted molar refractivity (Wildman–Crippen MR) is 76.3 cm³/mol. The fraction of sp³-hybridized carbons (Fsp3) is 0.308. The number of hydrogen-bond donors (Lipinski definition) is 1. The number of thiophene rings is 1. The van der Waals surface area contributed by atoms with Gasteiger partial charge >= 0.3 is 0 Å². The molecule has 2 heterocycles. The van der Waals surface area contributed by atoms with Gasteiger partial charge in [-0.05, 0) is 30.5 Å². The molecule has 0 saturated heterocycles. The zero-order chi connectivity index (χ0) is 12.8. The molecule has 0 spiro atoms. The van der Waals surface area contributed by atoms with Crippen molar-refractivity contribution in [3.8, 4) is 0 Å². The van der Waals surface area contributed by atoms with Crippen molar-refractivity contribution in [2.24, 2.45) is 0 Å². The Balaban J connectivity index is 1.62. The SMILES string of the molecule is Cc1ccc(C(=O)NCCSCc2cccs2)o1. The van der Waals surface area contributed by atoms with Crippen LogP contribution in [0.4, 0.5) is 0 Å². The van der Waals surface area contributed by atoms with Crippen LogP contribution in [0.25, 0.3) is 0 Å². The topological polar surface area (TPSA) is 42.2 Å². The minimum Gasteiger partial charge on any atom is -0.456 e. The minimum atomic E-state index is -0.139. The third-order valence-electron chi connectivity index (χ3n) is 2.32. The zero-order valence-corrected chi connectivity index (χ0v) is 11.8. The molecule has 0 saturated carbocycles. The third-order valence-corrected chi connectivity index (χ3v) is 4.39. The van der Waals surface area contributed by atoms with E-state index in [1.54, 1.807) is 23.5 Å². The smallest absolute Gasteiger partial charge is 0.287 e. The average molecular weight is 281 g/mol. The second-order valence-corrected chi connectivity index (χ2v) is 5.94. The largest absolute Gasteiger partial charge is 0.456 e. The van der Waals surface area contributed by atoms with Crippen LogP contribution >= 0.6 is 23.1 Å². The van der Waals surface area contributed by atoms with Gasteiger partial charge in [0.1, 0.15) is 5.76 Å². The van der Waals surface area contributed by atoms with Gasteiger partial charge in [0.2, 0.25) is 0 Å². The molecule has 3 nitrogen and oxygen atoms in total. The standard InChI is InChI=1S/C13H15NO2S2/c1-10-4-5-12(16-10)13(15)14-6-8-17-9-11-3-2-7-18-11/h2-5,7H,6,8-9H2,1H3,(H,14,15). The maximum absolute atomic E-state index is 11.6. The highest BCUT2D eigenvalue weighted by molar-refractivity contribution is 7.98.